The molecule has 0 fully saturated rings. The Morgan fingerprint density at radius 1 is 1.62 bits per heavy atom. The van der Waals surface area contributed by atoms with Crippen molar-refractivity contribution in [1.29, 1.82) is 0 Å². The van der Waals surface area contributed by atoms with Crippen LogP contribution in [-0.4, -0.2) is 6.10 Å². The molecule has 5 heteroatoms. The molecule has 1 radical (unpaired) electrons. The number of rotatable bonds is 3. The fourth-order valence-electron chi connectivity index (χ4n) is 0.197. The second-order valence-corrected chi connectivity index (χ2v) is 2.35. The highest BCUT2D eigenvalue weighted by Crippen LogP contribution is 2.32. The molecule has 1 atom stereocenters. The fourth-order valence-corrected chi connectivity index (χ4v) is 0.591. The van der Waals surface area contributed by atoms with Crippen molar-refractivity contribution in [2.45, 2.75) is 20.0 Å². The second-order valence-electron chi connectivity index (χ2n) is 1.48. The minimum atomic E-state index is -2.09. The molecule has 0 aliphatic rings. The second kappa shape index (κ2) is 4.18. The minimum absolute atomic E-state index is 0.109. The minimum Gasteiger partial charge on any atom is -0.307 e. The van der Waals surface area contributed by atoms with Gasteiger partial charge < -0.3 is 4.52 Å². The first-order chi connectivity index (χ1) is 3.66. The van der Waals surface area contributed by atoms with Crippen molar-refractivity contribution in [3.8, 4) is 0 Å². The molecule has 2 N–H and O–H groups in total. The summed E-state index contributed by atoms with van der Waals surface area (Å²) in [5.74, 6) is 4.51. The molecule has 0 spiro atoms. The first-order valence-corrected chi connectivity index (χ1v) is 3.27. The lowest BCUT2D eigenvalue weighted by atomic mass is 10.5. The van der Waals surface area contributed by atoms with E-state index in [1.165, 1.54) is 0 Å². The molecule has 0 amide bonds. The van der Waals surface area contributed by atoms with Gasteiger partial charge in [-0.1, -0.05) is 0 Å². The van der Waals surface area contributed by atoms with Crippen LogP contribution < -0.4 is 5.90 Å². The monoisotopic (exact) mass is 138 g/mol. The largest absolute Gasteiger partial charge is 0.381 e. The van der Waals surface area contributed by atoms with Gasteiger partial charge in [-0.3, -0.25) is 0 Å². The molecule has 0 aromatic heterocycles. The van der Waals surface area contributed by atoms with Crippen LogP contribution in [0.15, 0.2) is 0 Å². The van der Waals surface area contributed by atoms with Crippen LogP contribution in [0.3, 0.4) is 0 Å². The van der Waals surface area contributed by atoms with Gasteiger partial charge in [0.05, 0.1) is 6.10 Å². The summed E-state index contributed by atoms with van der Waals surface area (Å²) in [5, 5.41) is 0. The Balaban J connectivity index is 3.10. The normalized spacial score (nSPS) is 14.6. The van der Waals surface area contributed by atoms with Gasteiger partial charge in [0.25, 0.3) is 0 Å². The lowest BCUT2D eigenvalue weighted by molar-refractivity contribution is 0.149. The van der Waals surface area contributed by atoms with Crippen LogP contribution >= 0.6 is 8.60 Å². The zero-order valence-electron chi connectivity index (χ0n) is 4.83. The van der Waals surface area contributed by atoms with Crippen molar-refractivity contribution in [2.75, 3.05) is 0 Å². The van der Waals surface area contributed by atoms with Crippen molar-refractivity contribution >= 4 is 8.60 Å². The smallest absolute Gasteiger partial charge is 0.307 e. The van der Waals surface area contributed by atoms with Gasteiger partial charge >= 0.3 is 8.60 Å². The van der Waals surface area contributed by atoms with E-state index < -0.39 is 8.60 Å². The summed E-state index contributed by atoms with van der Waals surface area (Å²) in [6.07, 6.45) is -0.109. The summed E-state index contributed by atoms with van der Waals surface area (Å²) in [6, 6.07) is 0. The lowest BCUT2D eigenvalue weighted by Crippen LogP contribution is -2.01. The lowest BCUT2D eigenvalue weighted by Gasteiger charge is -2.06. The van der Waals surface area contributed by atoms with Gasteiger partial charge in [-0.25, -0.2) is 10.5 Å². The van der Waals surface area contributed by atoms with E-state index in [1.54, 1.807) is 13.8 Å². The van der Waals surface area contributed by atoms with Crippen molar-refractivity contribution in [3.63, 3.8) is 0 Å². The van der Waals surface area contributed by atoms with Crippen LogP contribution in [0.25, 0.3) is 0 Å². The van der Waals surface area contributed by atoms with Crippen LogP contribution in [0.4, 0.5) is 0 Å². The van der Waals surface area contributed by atoms with Crippen LogP contribution in [0.5, 0.6) is 0 Å². The Bertz CT molecular complexity index is 60.5. The van der Waals surface area contributed by atoms with Crippen molar-refractivity contribution in [1.82, 2.24) is 0 Å². The maximum absolute atomic E-state index is 10.2. The molecule has 0 aliphatic heterocycles. The molecule has 0 rings (SSSR count). The average molecular weight is 138 g/mol. The van der Waals surface area contributed by atoms with Gasteiger partial charge in [0.1, 0.15) is 0 Å². The Morgan fingerprint density at radius 3 is 2.25 bits per heavy atom. The molecular weight excluding hydrogens is 129 g/mol. The molecule has 0 aromatic carbocycles. The van der Waals surface area contributed by atoms with E-state index in [0.717, 1.165) is 0 Å². The summed E-state index contributed by atoms with van der Waals surface area (Å²) in [6.45, 7) is 3.48. The van der Waals surface area contributed by atoms with Gasteiger partial charge in [-0.15, -0.1) is 4.89 Å². The van der Waals surface area contributed by atoms with E-state index in [1.807, 2.05) is 0 Å². The van der Waals surface area contributed by atoms with Crippen LogP contribution in [0, 0.1) is 0 Å². The maximum atomic E-state index is 10.2. The fraction of sp³-hybridized carbons (Fsp3) is 1.00. The predicted molar refractivity (Wildman–Crippen MR) is 29.1 cm³/mol. The third-order valence-corrected chi connectivity index (χ3v) is 1.15. The van der Waals surface area contributed by atoms with Gasteiger partial charge in [-0.05, 0) is 13.8 Å². The van der Waals surface area contributed by atoms with E-state index >= 15 is 0 Å². The summed E-state index contributed by atoms with van der Waals surface area (Å²) in [5.41, 5.74) is 0. The quantitative estimate of drug-likeness (QED) is 0.466. The molecule has 0 saturated carbocycles. The number of hydrogen-bond acceptors (Lipinski definition) is 3. The highest BCUT2D eigenvalue weighted by atomic mass is 31.2. The predicted octanol–water partition coefficient (Wildman–Crippen LogP) is 0.959. The van der Waals surface area contributed by atoms with Gasteiger partial charge in [-0.2, -0.15) is 0 Å². The summed E-state index contributed by atoms with van der Waals surface area (Å²) >= 11 is 0. The first kappa shape index (κ1) is 8.27. The van der Waals surface area contributed by atoms with Crippen molar-refractivity contribution < 1.29 is 14.0 Å². The molecule has 1 unspecified atom stereocenters. The molecule has 0 saturated heterocycles. The summed E-state index contributed by atoms with van der Waals surface area (Å²) in [4.78, 5) is 10.2. The number of nitrogens with two attached hydrogens (primary N) is 1. The average Bonchev–Trinajstić information content (AvgIpc) is 1.65. The van der Waals surface area contributed by atoms with E-state index in [4.69, 9.17) is 0 Å². The SMILES string of the molecule is CC(C)OP([O])ON. The van der Waals surface area contributed by atoms with Gasteiger partial charge in [0, 0.05) is 0 Å². The summed E-state index contributed by atoms with van der Waals surface area (Å²) in [7, 11) is -2.09. The third kappa shape index (κ3) is 4.43. The molecular formula is C3H9NO3P. The topological polar surface area (TPSA) is 64.4 Å². The van der Waals surface area contributed by atoms with Crippen LogP contribution in [0.2, 0.25) is 0 Å². The molecule has 0 aliphatic carbocycles. The zero-order valence-corrected chi connectivity index (χ0v) is 5.72. The highest BCUT2D eigenvalue weighted by Gasteiger charge is 2.07. The Hall–Kier alpha value is 0.270. The van der Waals surface area contributed by atoms with E-state index in [0.29, 0.717) is 0 Å². The highest BCUT2D eigenvalue weighted by molar-refractivity contribution is 7.40. The van der Waals surface area contributed by atoms with E-state index in [-0.39, 0.29) is 6.10 Å². The molecule has 4 nitrogen and oxygen atoms in total. The van der Waals surface area contributed by atoms with Crippen LogP contribution in [0.1, 0.15) is 13.8 Å². The Kier molecular flexibility index (Phi) is 4.32. The van der Waals surface area contributed by atoms with Crippen molar-refractivity contribution in [2.24, 2.45) is 5.90 Å². The standard InChI is InChI=1S/C3H9NO3P/c1-3(2)6-8(5)7-4/h3H,4H2,1-2H3. The van der Waals surface area contributed by atoms with Gasteiger partial charge in [0.2, 0.25) is 0 Å². The number of hydrogen-bond donors (Lipinski definition) is 1. The third-order valence-electron chi connectivity index (χ3n) is 0.383. The molecule has 0 aromatic rings. The van der Waals surface area contributed by atoms with Crippen LogP contribution in [-0.2, 0) is 14.0 Å². The molecule has 49 valence electrons. The van der Waals surface area contributed by atoms with E-state index in [9.17, 15) is 4.89 Å². The van der Waals surface area contributed by atoms with Crippen molar-refractivity contribution in [3.05, 3.63) is 0 Å². The summed E-state index contributed by atoms with van der Waals surface area (Å²) < 4.78 is 8.41. The Morgan fingerprint density at radius 2 is 2.12 bits per heavy atom. The van der Waals surface area contributed by atoms with Gasteiger partial charge in [0.15, 0.2) is 0 Å². The maximum Gasteiger partial charge on any atom is 0.381 e. The molecule has 0 bridgehead atoms. The Labute approximate surface area is 49.5 Å². The first-order valence-electron chi connectivity index (χ1n) is 2.17. The van der Waals surface area contributed by atoms with E-state index in [2.05, 4.69) is 15.0 Å². The zero-order chi connectivity index (χ0) is 6.57. The molecule has 0 heterocycles. The molecule has 8 heavy (non-hydrogen) atoms.